The fourth-order valence-corrected chi connectivity index (χ4v) is 4.93. The first-order valence-electron chi connectivity index (χ1n) is 14.3. The number of aromatic nitrogens is 3. The van der Waals surface area contributed by atoms with E-state index in [-0.39, 0.29) is 16.9 Å². The molecule has 3 aromatic rings. The molecule has 0 unspecified atom stereocenters. The maximum atomic E-state index is 12.6. The van der Waals surface area contributed by atoms with E-state index >= 15 is 0 Å². The number of nitrogens with zero attached hydrogens (tertiary/aromatic N) is 4. The Bertz CT molecular complexity index is 1390. The lowest BCUT2D eigenvalue weighted by Gasteiger charge is -2.33. The number of likely N-dealkylation sites (tertiary alicyclic amines) is 1. The minimum absolute atomic E-state index is 0.0671. The number of hydrogen-bond acceptors (Lipinski definition) is 6. The summed E-state index contributed by atoms with van der Waals surface area (Å²) in [6.07, 6.45) is 3.75. The molecule has 0 spiro atoms. The van der Waals surface area contributed by atoms with E-state index in [1.165, 1.54) is 5.56 Å². The third-order valence-electron chi connectivity index (χ3n) is 7.91. The molecular weight excluding hydrogens is 500 g/mol. The number of anilines is 2. The molecule has 8 heteroatoms. The van der Waals surface area contributed by atoms with Gasteiger partial charge in [0.25, 0.3) is 0 Å². The first-order valence-corrected chi connectivity index (χ1v) is 14.3. The molecule has 2 fully saturated rings. The summed E-state index contributed by atoms with van der Waals surface area (Å²) >= 11 is 0. The van der Waals surface area contributed by atoms with Crippen LogP contribution in [-0.2, 0) is 10.2 Å². The van der Waals surface area contributed by atoms with E-state index in [9.17, 15) is 4.79 Å². The molecule has 1 saturated carbocycles. The fraction of sp³-hybridized carbons (Fsp3) is 0.469. The molecule has 2 N–H and O–H groups in total. The Kier molecular flexibility index (Phi) is 7.38. The standard InChI is InChI=1S/C32H42N6O2/c1-21-8-10-24(11-9-21)38-28(20-27(36-38)31(4,5)6)35-23(3)34-26-12-13-29(33-22(26)2)40-25-14-18-37(19-15-25)30(39)32(7)16-17-32/h8-13,20,25,34-35H,3,14-19H2,1-2,4-7H3. The number of nitrogens with one attached hydrogen (secondary N) is 2. The fourth-order valence-electron chi connectivity index (χ4n) is 4.93. The molecule has 0 bridgehead atoms. The summed E-state index contributed by atoms with van der Waals surface area (Å²) < 4.78 is 8.12. The molecule has 0 atom stereocenters. The number of pyridine rings is 1. The van der Waals surface area contributed by atoms with E-state index < -0.39 is 0 Å². The number of benzene rings is 1. The van der Waals surface area contributed by atoms with Gasteiger partial charge in [-0.15, -0.1) is 0 Å². The molecule has 212 valence electrons. The lowest BCUT2D eigenvalue weighted by Crippen LogP contribution is -2.44. The van der Waals surface area contributed by atoms with Crippen LogP contribution in [0.15, 0.2) is 54.9 Å². The van der Waals surface area contributed by atoms with Crippen molar-refractivity contribution in [2.45, 2.75) is 78.7 Å². The highest BCUT2D eigenvalue weighted by atomic mass is 16.5. The third-order valence-corrected chi connectivity index (χ3v) is 7.91. The monoisotopic (exact) mass is 542 g/mol. The first-order chi connectivity index (χ1) is 18.9. The predicted molar refractivity (Wildman–Crippen MR) is 160 cm³/mol. The Hall–Kier alpha value is -3.81. The summed E-state index contributed by atoms with van der Waals surface area (Å²) in [5, 5.41) is 11.6. The van der Waals surface area contributed by atoms with E-state index in [1.807, 2.05) is 28.6 Å². The van der Waals surface area contributed by atoms with Crippen LogP contribution in [0, 0.1) is 19.3 Å². The van der Waals surface area contributed by atoms with Gasteiger partial charge >= 0.3 is 0 Å². The van der Waals surface area contributed by atoms with E-state index in [4.69, 9.17) is 9.84 Å². The van der Waals surface area contributed by atoms with Crippen molar-refractivity contribution >= 4 is 17.4 Å². The number of carbonyl (C=O) groups is 1. The van der Waals surface area contributed by atoms with Gasteiger partial charge < -0.3 is 20.3 Å². The quantitative estimate of drug-likeness (QED) is 0.345. The molecule has 1 saturated heterocycles. The van der Waals surface area contributed by atoms with Crippen LogP contribution in [-0.4, -0.2) is 44.8 Å². The highest BCUT2D eigenvalue weighted by molar-refractivity contribution is 5.85. The molecular formula is C32H42N6O2. The molecule has 1 aromatic carbocycles. The van der Waals surface area contributed by atoms with Gasteiger partial charge in [-0.3, -0.25) is 4.79 Å². The van der Waals surface area contributed by atoms with E-state index in [0.717, 1.165) is 67.4 Å². The van der Waals surface area contributed by atoms with Crippen molar-refractivity contribution in [2.24, 2.45) is 5.41 Å². The molecule has 0 radical (unpaired) electrons. The van der Waals surface area contributed by atoms with Crippen molar-refractivity contribution < 1.29 is 9.53 Å². The highest BCUT2D eigenvalue weighted by Gasteiger charge is 2.47. The van der Waals surface area contributed by atoms with Gasteiger partial charge in [-0.05, 0) is 44.9 Å². The first kappa shape index (κ1) is 27.7. The zero-order chi connectivity index (χ0) is 28.7. The van der Waals surface area contributed by atoms with Crippen LogP contribution in [0.1, 0.15) is 70.3 Å². The van der Waals surface area contributed by atoms with E-state index in [0.29, 0.717) is 17.6 Å². The van der Waals surface area contributed by atoms with Gasteiger partial charge in [0.05, 0.1) is 22.8 Å². The summed E-state index contributed by atoms with van der Waals surface area (Å²) in [7, 11) is 0. The smallest absolute Gasteiger partial charge is 0.228 e. The van der Waals surface area contributed by atoms with Gasteiger partial charge in [-0.1, -0.05) is 52.0 Å². The predicted octanol–water partition coefficient (Wildman–Crippen LogP) is 6.35. The Labute approximate surface area is 237 Å². The number of amides is 1. The van der Waals surface area contributed by atoms with Gasteiger partial charge in [0.2, 0.25) is 11.8 Å². The van der Waals surface area contributed by atoms with Crippen molar-refractivity contribution in [3.05, 3.63) is 71.8 Å². The second-order valence-electron chi connectivity index (χ2n) is 12.6. The van der Waals surface area contributed by atoms with Gasteiger partial charge in [-0.25, -0.2) is 9.67 Å². The van der Waals surface area contributed by atoms with E-state index in [2.05, 4.69) is 87.1 Å². The zero-order valence-corrected chi connectivity index (χ0v) is 24.7. The van der Waals surface area contributed by atoms with Crippen molar-refractivity contribution in [2.75, 3.05) is 23.7 Å². The highest BCUT2D eigenvalue weighted by Crippen LogP contribution is 2.46. The zero-order valence-electron chi connectivity index (χ0n) is 24.7. The SMILES string of the molecule is C=C(Nc1ccc(OC2CCN(C(=O)C3(C)CC3)CC2)nc1C)Nc1cc(C(C)(C)C)nn1-c1ccc(C)cc1. The summed E-state index contributed by atoms with van der Waals surface area (Å²) in [5.74, 6) is 2.36. The Morgan fingerprint density at radius 1 is 1.05 bits per heavy atom. The normalized spacial score (nSPS) is 16.9. The second-order valence-corrected chi connectivity index (χ2v) is 12.6. The average molecular weight is 543 g/mol. The van der Waals surface area contributed by atoms with Gasteiger partial charge in [0.15, 0.2) is 0 Å². The molecule has 8 nitrogen and oxygen atoms in total. The average Bonchev–Trinajstić information content (AvgIpc) is 3.51. The number of aryl methyl sites for hydroxylation is 2. The molecule has 1 aliphatic carbocycles. The van der Waals surface area contributed by atoms with Crippen molar-refractivity contribution in [3.63, 3.8) is 0 Å². The molecule has 3 heterocycles. The second kappa shape index (κ2) is 10.6. The van der Waals surface area contributed by atoms with E-state index in [1.54, 1.807) is 0 Å². The Morgan fingerprint density at radius 2 is 1.73 bits per heavy atom. The molecule has 2 aliphatic rings. The van der Waals surface area contributed by atoms with Crippen LogP contribution in [0.4, 0.5) is 11.5 Å². The molecule has 40 heavy (non-hydrogen) atoms. The van der Waals surface area contributed by atoms with Crippen LogP contribution in [0.2, 0.25) is 0 Å². The number of rotatable bonds is 8. The molecule has 5 rings (SSSR count). The third kappa shape index (κ3) is 6.16. The number of ether oxygens (including phenoxy) is 1. The lowest BCUT2D eigenvalue weighted by atomic mass is 9.92. The maximum absolute atomic E-state index is 12.6. The maximum Gasteiger partial charge on any atom is 0.228 e. The van der Waals surface area contributed by atoms with Crippen LogP contribution < -0.4 is 15.4 Å². The number of piperidine rings is 1. The molecule has 2 aromatic heterocycles. The number of carbonyl (C=O) groups excluding carboxylic acids is 1. The Balaban J connectivity index is 1.21. The van der Waals surface area contributed by atoms with Crippen molar-refractivity contribution in [1.82, 2.24) is 19.7 Å². The number of hydrogen-bond donors (Lipinski definition) is 2. The van der Waals surface area contributed by atoms with Crippen molar-refractivity contribution in [3.8, 4) is 11.6 Å². The van der Waals surface area contributed by atoms with Crippen molar-refractivity contribution in [1.29, 1.82) is 0 Å². The minimum Gasteiger partial charge on any atom is -0.474 e. The van der Waals surface area contributed by atoms with Gasteiger partial charge in [0, 0.05) is 48.9 Å². The largest absolute Gasteiger partial charge is 0.474 e. The summed E-state index contributed by atoms with van der Waals surface area (Å²) in [5.41, 5.74) is 4.62. The van der Waals surface area contributed by atoms with Crippen LogP contribution >= 0.6 is 0 Å². The van der Waals surface area contributed by atoms with Gasteiger partial charge in [-0.2, -0.15) is 5.10 Å². The van der Waals surface area contributed by atoms with Crippen LogP contribution in [0.5, 0.6) is 5.88 Å². The lowest BCUT2D eigenvalue weighted by molar-refractivity contribution is -0.138. The summed E-state index contributed by atoms with van der Waals surface area (Å²) in [6.45, 7) is 18.3. The molecule has 1 aliphatic heterocycles. The summed E-state index contributed by atoms with van der Waals surface area (Å²) in [6, 6.07) is 14.2. The van der Waals surface area contributed by atoms with Crippen LogP contribution in [0.25, 0.3) is 5.69 Å². The molecule has 1 amide bonds. The summed E-state index contributed by atoms with van der Waals surface area (Å²) in [4.78, 5) is 19.3. The minimum atomic E-state index is -0.108. The van der Waals surface area contributed by atoms with Crippen LogP contribution in [0.3, 0.4) is 0 Å². The van der Waals surface area contributed by atoms with Gasteiger partial charge in [0.1, 0.15) is 17.7 Å². The Morgan fingerprint density at radius 3 is 2.33 bits per heavy atom. The topological polar surface area (TPSA) is 84.3 Å².